The largest absolute Gasteiger partial charge is 0.399 e. The van der Waals surface area contributed by atoms with Crippen LogP contribution in [0.2, 0.25) is 0 Å². The van der Waals surface area contributed by atoms with Crippen molar-refractivity contribution in [1.29, 1.82) is 0 Å². The molecule has 3 heteroatoms. The fourth-order valence-corrected chi connectivity index (χ4v) is 2.27. The van der Waals surface area contributed by atoms with Gasteiger partial charge in [0, 0.05) is 18.3 Å². The second-order valence-electron chi connectivity index (χ2n) is 5.26. The first-order valence-electron chi connectivity index (χ1n) is 6.98. The van der Waals surface area contributed by atoms with Gasteiger partial charge >= 0.3 is 0 Å². The van der Waals surface area contributed by atoms with Crippen LogP contribution in [0.5, 0.6) is 0 Å². The monoisotopic (exact) mass is 248 g/mol. The van der Waals surface area contributed by atoms with Gasteiger partial charge in [-0.05, 0) is 43.5 Å². The highest BCUT2D eigenvalue weighted by Gasteiger charge is 2.29. The first kappa shape index (κ1) is 13.4. The number of rotatable bonds is 7. The predicted molar refractivity (Wildman–Crippen MR) is 75.3 cm³/mol. The van der Waals surface area contributed by atoms with E-state index in [9.17, 15) is 5.11 Å². The van der Waals surface area contributed by atoms with Gasteiger partial charge in [0.05, 0.1) is 6.10 Å². The Hall–Kier alpha value is -1.06. The SMILES string of the molecule is CCCCN(CC(O)c1ccc(N)cc1)C1CC1. The van der Waals surface area contributed by atoms with E-state index in [-0.39, 0.29) is 0 Å². The van der Waals surface area contributed by atoms with Crippen molar-refractivity contribution in [2.45, 2.75) is 44.8 Å². The van der Waals surface area contributed by atoms with E-state index in [1.54, 1.807) is 0 Å². The Morgan fingerprint density at radius 3 is 2.56 bits per heavy atom. The molecule has 1 fully saturated rings. The first-order valence-corrected chi connectivity index (χ1v) is 6.98. The normalized spacial score (nSPS) is 17.1. The van der Waals surface area contributed by atoms with Crippen molar-refractivity contribution in [1.82, 2.24) is 4.90 Å². The summed E-state index contributed by atoms with van der Waals surface area (Å²) in [5.41, 5.74) is 7.37. The molecule has 18 heavy (non-hydrogen) atoms. The van der Waals surface area contributed by atoms with Gasteiger partial charge in [-0.2, -0.15) is 0 Å². The molecule has 0 spiro atoms. The molecule has 1 saturated carbocycles. The van der Waals surface area contributed by atoms with Crippen LogP contribution >= 0.6 is 0 Å². The molecule has 1 aromatic carbocycles. The fraction of sp³-hybridized carbons (Fsp3) is 0.600. The highest BCUT2D eigenvalue weighted by atomic mass is 16.3. The van der Waals surface area contributed by atoms with Crippen molar-refractivity contribution >= 4 is 5.69 Å². The van der Waals surface area contributed by atoms with Crippen LogP contribution in [-0.2, 0) is 0 Å². The summed E-state index contributed by atoms with van der Waals surface area (Å²) in [4.78, 5) is 2.44. The van der Waals surface area contributed by atoms with Crippen molar-refractivity contribution in [2.75, 3.05) is 18.8 Å². The number of hydrogen-bond acceptors (Lipinski definition) is 3. The molecule has 0 aliphatic heterocycles. The fourth-order valence-electron chi connectivity index (χ4n) is 2.27. The van der Waals surface area contributed by atoms with Crippen molar-refractivity contribution in [3.05, 3.63) is 29.8 Å². The average Bonchev–Trinajstić information content (AvgIpc) is 3.19. The minimum atomic E-state index is -0.400. The van der Waals surface area contributed by atoms with Crippen molar-refractivity contribution in [3.8, 4) is 0 Å². The molecule has 3 N–H and O–H groups in total. The molecule has 1 aromatic rings. The summed E-state index contributed by atoms with van der Waals surface area (Å²) in [5, 5.41) is 10.3. The molecule has 1 unspecified atom stereocenters. The number of nitrogen functional groups attached to an aromatic ring is 1. The summed E-state index contributed by atoms with van der Waals surface area (Å²) in [5.74, 6) is 0. The van der Waals surface area contributed by atoms with E-state index < -0.39 is 6.10 Å². The van der Waals surface area contributed by atoms with E-state index >= 15 is 0 Å². The third kappa shape index (κ3) is 3.72. The zero-order valence-corrected chi connectivity index (χ0v) is 11.2. The summed E-state index contributed by atoms with van der Waals surface area (Å²) in [6, 6.07) is 8.26. The standard InChI is InChI=1S/C15H24N2O/c1-2-3-10-17(14-8-9-14)11-15(18)12-4-6-13(16)7-5-12/h4-7,14-15,18H,2-3,8-11,16H2,1H3. The molecule has 0 radical (unpaired) electrons. The minimum Gasteiger partial charge on any atom is -0.399 e. The number of hydrogen-bond donors (Lipinski definition) is 2. The van der Waals surface area contributed by atoms with Gasteiger partial charge in [0.2, 0.25) is 0 Å². The highest BCUT2D eigenvalue weighted by Crippen LogP contribution is 2.29. The van der Waals surface area contributed by atoms with Crippen LogP contribution < -0.4 is 5.73 Å². The number of aliphatic hydroxyl groups excluding tert-OH is 1. The molecule has 1 aliphatic rings. The second-order valence-corrected chi connectivity index (χ2v) is 5.26. The molecule has 1 aliphatic carbocycles. The smallest absolute Gasteiger partial charge is 0.0917 e. The van der Waals surface area contributed by atoms with Crippen molar-refractivity contribution < 1.29 is 5.11 Å². The van der Waals surface area contributed by atoms with Gasteiger partial charge in [-0.1, -0.05) is 25.5 Å². The molecule has 3 nitrogen and oxygen atoms in total. The van der Waals surface area contributed by atoms with Gasteiger partial charge in [-0.3, -0.25) is 4.90 Å². The van der Waals surface area contributed by atoms with Gasteiger partial charge < -0.3 is 10.8 Å². The van der Waals surface area contributed by atoms with Gasteiger partial charge in [0.15, 0.2) is 0 Å². The topological polar surface area (TPSA) is 49.5 Å². The second kappa shape index (κ2) is 6.21. The lowest BCUT2D eigenvalue weighted by atomic mass is 10.1. The average molecular weight is 248 g/mol. The summed E-state index contributed by atoms with van der Waals surface area (Å²) in [6.45, 7) is 4.06. The molecule has 0 heterocycles. The predicted octanol–water partition coefficient (Wildman–Crippen LogP) is 2.57. The number of aliphatic hydroxyl groups is 1. The number of benzene rings is 1. The zero-order valence-electron chi connectivity index (χ0n) is 11.2. The molecule has 0 amide bonds. The summed E-state index contributed by atoms with van der Waals surface area (Å²) >= 11 is 0. The van der Waals surface area contributed by atoms with Gasteiger partial charge in [0.25, 0.3) is 0 Å². The molecule has 1 atom stereocenters. The Morgan fingerprint density at radius 1 is 1.33 bits per heavy atom. The lowest BCUT2D eigenvalue weighted by Crippen LogP contribution is -2.31. The number of nitrogens with zero attached hydrogens (tertiary/aromatic N) is 1. The van der Waals surface area contributed by atoms with Crippen LogP contribution in [0.15, 0.2) is 24.3 Å². The van der Waals surface area contributed by atoms with Crippen LogP contribution in [0, 0.1) is 0 Å². The van der Waals surface area contributed by atoms with Crippen LogP contribution in [-0.4, -0.2) is 29.1 Å². The highest BCUT2D eigenvalue weighted by molar-refractivity contribution is 5.39. The quantitative estimate of drug-likeness (QED) is 0.729. The minimum absolute atomic E-state index is 0.400. The molecular weight excluding hydrogens is 224 g/mol. The first-order chi connectivity index (χ1) is 8.70. The molecule has 0 aromatic heterocycles. The molecule has 0 saturated heterocycles. The zero-order chi connectivity index (χ0) is 13.0. The molecule has 0 bridgehead atoms. The number of anilines is 1. The number of nitrogens with two attached hydrogens (primary N) is 1. The molecule has 2 rings (SSSR count). The Bertz CT molecular complexity index is 359. The Labute approximate surface area is 110 Å². The van der Waals surface area contributed by atoms with E-state index in [0.717, 1.165) is 24.3 Å². The van der Waals surface area contributed by atoms with Gasteiger partial charge in [-0.15, -0.1) is 0 Å². The lowest BCUT2D eigenvalue weighted by Gasteiger charge is -2.25. The third-order valence-electron chi connectivity index (χ3n) is 3.59. The summed E-state index contributed by atoms with van der Waals surface area (Å²) < 4.78 is 0. The third-order valence-corrected chi connectivity index (χ3v) is 3.59. The molecule has 100 valence electrons. The maximum atomic E-state index is 10.3. The van der Waals surface area contributed by atoms with Gasteiger partial charge in [0.1, 0.15) is 0 Å². The van der Waals surface area contributed by atoms with Crippen LogP contribution in [0.4, 0.5) is 5.69 Å². The van der Waals surface area contributed by atoms with Crippen LogP contribution in [0.1, 0.15) is 44.3 Å². The van der Waals surface area contributed by atoms with E-state index in [2.05, 4.69) is 11.8 Å². The maximum absolute atomic E-state index is 10.3. The van der Waals surface area contributed by atoms with E-state index in [4.69, 9.17) is 5.73 Å². The maximum Gasteiger partial charge on any atom is 0.0917 e. The Kier molecular flexibility index (Phi) is 4.61. The van der Waals surface area contributed by atoms with Crippen LogP contribution in [0.25, 0.3) is 0 Å². The van der Waals surface area contributed by atoms with Crippen molar-refractivity contribution in [2.24, 2.45) is 0 Å². The van der Waals surface area contributed by atoms with Crippen molar-refractivity contribution in [3.63, 3.8) is 0 Å². The Balaban J connectivity index is 1.91. The van der Waals surface area contributed by atoms with E-state index in [1.165, 1.54) is 25.7 Å². The summed E-state index contributed by atoms with van der Waals surface area (Å²) in [7, 11) is 0. The van der Waals surface area contributed by atoms with E-state index in [1.807, 2.05) is 24.3 Å². The Morgan fingerprint density at radius 2 is 2.00 bits per heavy atom. The number of unbranched alkanes of at least 4 members (excludes halogenated alkanes) is 1. The molecular formula is C15H24N2O. The lowest BCUT2D eigenvalue weighted by molar-refractivity contribution is 0.108. The van der Waals surface area contributed by atoms with Gasteiger partial charge in [-0.25, -0.2) is 0 Å². The van der Waals surface area contributed by atoms with E-state index in [0.29, 0.717) is 6.04 Å². The van der Waals surface area contributed by atoms with Crippen LogP contribution in [0.3, 0.4) is 0 Å². The summed E-state index contributed by atoms with van der Waals surface area (Å²) in [6.07, 6.45) is 4.60.